The molecule has 5 atom stereocenters. The van der Waals surface area contributed by atoms with Crippen molar-refractivity contribution in [2.45, 2.75) is 94.5 Å². The van der Waals surface area contributed by atoms with E-state index in [-0.39, 0.29) is 23.7 Å². The number of nitrogens with zero attached hydrogens (tertiary/aromatic N) is 1. The van der Waals surface area contributed by atoms with Crippen LogP contribution in [0.2, 0.25) is 0 Å². The maximum Gasteiger partial charge on any atom is 0.137 e. The average Bonchev–Trinajstić information content (AvgIpc) is 3.24. The van der Waals surface area contributed by atoms with Gasteiger partial charge in [-0.05, 0) is 75.5 Å². The summed E-state index contributed by atoms with van der Waals surface area (Å²) in [5.41, 5.74) is 2.71. The molecule has 3 aliphatic carbocycles. The molecule has 1 aromatic rings. The summed E-state index contributed by atoms with van der Waals surface area (Å²) < 4.78 is 30.0. The standard InChI is InChI=1S/C31H47NO6/c1-3-13-34-14-15-35-16-17-36-18-19-37-25-9-10-31(33)26-20-24-8-7-22(2)28-27(24)30(31,29(25)38-28)11-12-32(26)21-23-5-4-6-23/h7-8,23,25-26,29,33H,3-6,9-21H2,1-2H3/t25?,26?,29-,30-,31+/m0/s1. The molecule has 0 aromatic heterocycles. The molecule has 212 valence electrons. The largest absolute Gasteiger partial charge is 0.486 e. The van der Waals surface area contributed by atoms with Gasteiger partial charge in [-0.2, -0.15) is 0 Å². The van der Waals surface area contributed by atoms with Crippen molar-refractivity contribution in [3.63, 3.8) is 0 Å². The van der Waals surface area contributed by atoms with E-state index in [9.17, 15) is 5.11 Å². The third-order valence-electron chi connectivity index (χ3n) is 10.1. The number of piperidine rings is 1. The van der Waals surface area contributed by atoms with Gasteiger partial charge in [0.15, 0.2) is 0 Å². The van der Waals surface area contributed by atoms with Crippen molar-refractivity contribution >= 4 is 0 Å². The Labute approximate surface area is 228 Å². The first-order chi connectivity index (χ1) is 18.6. The molecule has 1 spiro atoms. The van der Waals surface area contributed by atoms with Crippen LogP contribution in [0.3, 0.4) is 0 Å². The molecule has 7 heteroatoms. The van der Waals surface area contributed by atoms with Crippen LogP contribution in [0.15, 0.2) is 12.1 Å². The average molecular weight is 530 g/mol. The number of benzene rings is 1. The Balaban J connectivity index is 1.10. The molecule has 2 heterocycles. The Kier molecular flexibility index (Phi) is 8.05. The van der Waals surface area contributed by atoms with Gasteiger partial charge in [-0.15, -0.1) is 0 Å². The Morgan fingerprint density at radius 1 is 0.974 bits per heavy atom. The predicted octanol–water partition coefficient (Wildman–Crippen LogP) is 3.79. The summed E-state index contributed by atoms with van der Waals surface area (Å²) in [6.07, 6.45) is 8.35. The van der Waals surface area contributed by atoms with E-state index in [0.717, 1.165) is 63.5 Å². The minimum Gasteiger partial charge on any atom is -0.486 e. The molecule has 38 heavy (non-hydrogen) atoms. The van der Waals surface area contributed by atoms with Crippen molar-refractivity contribution in [1.29, 1.82) is 0 Å². The van der Waals surface area contributed by atoms with Crippen LogP contribution in [0.4, 0.5) is 0 Å². The van der Waals surface area contributed by atoms with E-state index in [1.54, 1.807) is 0 Å². The lowest BCUT2D eigenvalue weighted by molar-refractivity contribution is -0.218. The predicted molar refractivity (Wildman–Crippen MR) is 145 cm³/mol. The van der Waals surface area contributed by atoms with Crippen LogP contribution in [-0.4, -0.2) is 93.2 Å². The van der Waals surface area contributed by atoms with E-state index >= 15 is 0 Å². The molecule has 2 saturated carbocycles. The minimum atomic E-state index is -0.764. The second-order valence-electron chi connectivity index (χ2n) is 12.2. The van der Waals surface area contributed by atoms with Crippen molar-refractivity contribution in [2.24, 2.45) is 5.92 Å². The smallest absolute Gasteiger partial charge is 0.137 e. The number of ether oxygens (including phenoxy) is 5. The summed E-state index contributed by atoms with van der Waals surface area (Å²) in [7, 11) is 0. The van der Waals surface area contributed by atoms with Gasteiger partial charge in [-0.1, -0.05) is 25.5 Å². The molecule has 1 saturated heterocycles. The summed E-state index contributed by atoms with van der Waals surface area (Å²) in [5.74, 6) is 1.82. The van der Waals surface area contributed by atoms with E-state index in [2.05, 4.69) is 30.9 Å². The maximum absolute atomic E-state index is 12.6. The van der Waals surface area contributed by atoms with Gasteiger partial charge in [0.05, 0.1) is 56.8 Å². The lowest BCUT2D eigenvalue weighted by Crippen LogP contribution is -2.77. The first-order valence-electron chi connectivity index (χ1n) is 15.2. The zero-order valence-electron chi connectivity index (χ0n) is 23.4. The van der Waals surface area contributed by atoms with Crippen LogP contribution < -0.4 is 4.74 Å². The van der Waals surface area contributed by atoms with Crippen LogP contribution in [0, 0.1) is 12.8 Å². The molecule has 0 radical (unpaired) electrons. The van der Waals surface area contributed by atoms with Crippen molar-refractivity contribution in [2.75, 3.05) is 59.3 Å². The second-order valence-corrected chi connectivity index (χ2v) is 12.2. The van der Waals surface area contributed by atoms with Gasteiger partial charge < -0.3 is 28.8 Å². The van der Waals surface area contributed by atoms with E-state index in [4.69, 9.17) is 23.7 Å². The molecule has 5 aliphatic rings. The summed E-state index contributed by atoms with van der Waals surface area (Å²) in [4.78, 5) is 2.64. The van der Waals surface area contributed by atoms with Crippen molar-refractivity contribution in [1.82, 2.24) is 4.90 Å². The first kappa shape index (κ1) is 27.0. The fraction of sp³-hybridized carbons (Fsp3) is 0.806. The van der Waals surface area contributed by atoms with Crippen LogP contribution >= 0.6 is 0 Å². The number of likely N-dealkylation sites (tertiary alicyclic amines) is 1. The fourth-order valence-electron chi connectivity index (χ4n) is 8.07. The van der Waals surface area contributed by atoms with E-state index in [0.29, 0.717) is 39.6 Å². The molecular weight excluding hydrogens is 482 g/mol. The molecule has 2 unspecified atom stereocenters. The molecule has 1 N–H and O–H groups in total. The molecular formula is C31H47NO6. The monoisotopic (exact) mass is 529 g/mol. The molecule has 7 nitrogen and oxygen atoms in total. The number of rotatable bonds is 14. The maximum atomic E-state index is 12.6. The van der Waals surface area contributed by atoms with Crippen LogP contribution in [0.25, 0.3) is 0 Å². The Bertz CT molecular complexity index is 968. The zero-order valence-corrected chi connectivity index (χ0v) is 23.4. The molecule has 0 amide bonds. The van der Waals surface area contributed by atoms with Gasteiger partial charge >= 0.3 is 0 Å². The highest BCUT2D eigenvalue weighted by Crippen LogP contribution is 2.65. The Hall–Kier alpha value is -1.22. The van der Waals surface area contributed by atoms with Crippen LogP contribution in [0.1, 0.15) is 68.6 Å². The SMILES string of the molecule is CCCOCCOCCOCCOC1CC[C@@]2(O)C3Cc4ccc(C)c5c4[C@@]2(CCN3CC2CCC2)[C@H]1O5. The second kappa shape index (κ2) is 11.3. The van der Waals surface area contributed by atoms with Crippen molar-refractivity contribution < 1.29 is 28.8 Å². The summed E-state index contributed by atoms with van der Waals surface area (Å²) >= 11 is 0. The Morgan fingerprint density at radius 3 is 2.42 bits per heavy atom. The van der Waals surface area contributed by atoms with Gasteiger partial charge in [-0.25, -0.2) is 0 Å². The van der Waals surface area contributed by atoms with E-state index in [1.807, 2.05) is 0 Å². The molecule has 2 bridgehead atoms. The van der Waals surface area contributed by atoms with Crippen LogP contribution in [0.5, 0.6) is 5.75 Å². The lowest BCUT2D eigenvalue weighted by Gasteiger charge is -2.64. The normalized spacial score (nSPS) is 33.6. The van der Waals surface area contributed by atoms with Gasteiger partial charge in [0.1, 0.15) is 11.9 Å². The van der Waals surface area contributed by atoms with Gasteiger partial charge in [0, 0.05) is 24.8 Å². The number of aryl methyl sites for hydroxylation is 1. The van der Waals surface area contributed by atoms with E-state index in [1.165, 1.54) is 36.0 Å². The van der Waals surface area contributed by atoms with Crippen molar-refractivity contribution in [3.05, 3.63) is 28.8 Å². The molecule has 2 aliphatic heterocycles. The van der Waals surface area contributed by atoms with E-state index < -0.39 is 5.60 Å². The summed E-state index contributed by atoms with van der Waals surface area (Å²) in [6, 6.07) is 4.68. The quantitative estimate of drug-likeness (QED) is 0.368. The topological polar surface area (TPSA) is 69.6 Å². The number of hydrogen-bond acceptors (Lipinski definition) is 7. The van der Waals surface area contributed by atoms with Gasteiger partial charge in [-0.3, -0.25) is 4.90 Å². The highest BCUT2D eigenvalue weighted by atomic mass is 16.6. The zero-order chi connectivity index (χ0) is 26.2. The van der Waals surface area contributed by atoms with Crippen molar-refractivity contribution in [3.8, 4) is 5.75 Å². The summed E-state index contributed by atoms with van der Waals surface area (Å²) in [5, 5.41) is 12.6. The van der Waals surface area contributed by atoms with Crippen LogP contribution in [-0.2, 0) is 30.8 Å². The third-order valence-corrected chi connectivity index (χ3v) is 10.1. The minimum absolute atomic E-state index is 0.0394. The molecule has 6 rings (SSSR count). The highest BCUT2D eigenvalue weighted by molar-refractivity contribution is 5.60. The lowest BCUT2D eigenvalue weighted by atomic mass is 9.48. The number of hydrogen-bond donors (Lipinski definition) is 1. The molecule has 1 aromatic carbocycles. The highest BCUT2D eigenvalue weighted by Gasteiger charge is 2.73. The number of aliphatic hydroxyl groups is 1. The first-order valence-corrected chi connectivity index (χ1v) is 15.2. The molecule has 3 fully saturated rings. The van der Waals surface area contributed by atoms with Gasteiger partial charge in [0.2, 0.25) is 0 Å². The fourth-order valence-corrected chi connectivity index (χ4v) is 8.07. The third kappa shape index (κ3) is 4.51. The van der Waals surface area contributed by atoms with Gasteiger partial charge in [0.25, 0.3) is 0 Å². The Morgan fingerprint density at radius 2 is 1.71 bits per heavy atom. The summed E-state index contributed by atoms with van der Waals surface area (Å²) in [6.45, 7) is 10.6.